The molecule has 0 heterocycles. The molecule has 1 atom stereocenters. The fourth-order valence-electron chi connectivity index (χ4n) is 1.09. The molecule has 13 heavy (non-hydrogen) atoms. The van der Waals surface area contributed by atoms with Crippen molar-refractivity contribution < 1.29 is 9.84 Å². The molecule has 0 spiro atoms. The molecule has 1 aromatic rings. The maximum atomic E-state index is 8.63. The van der Waals surface area contributed by atoms with E-state index in [2.05, 4.69) is 22.6 Å². The third-order valence-electron chi connectivity index (χ3n) is 1.72. The number of rotatable bonds is 5. The van der Waals surface area contributed by atoms with Gasteiger partial charge in [-0.15, -0.1) is 0 Å². The van der Waals surface area contributed by atoms with Gasteiger partial charge in [-0.25, -0.2) is 0 Å². The molecule has 0 aliphatic heterocycles. The van der Waals surface area contributed by atoms with Crippen molar-refractivity contribution in [2.24, 2.45) is 0 Å². The Balaban J connectivity index is 2.56. The summed E-state index contributed by atoms with van der Waals surface area (Å²) in [5, 5.41) is 8.63. The minimum absolute atomic E-state index is 0.0833. The molecule has 2 nitrogen and oxygen atoms in total. The zero-order valence-corrected chi connectivity index (χ0v) is 9.48. The van der Waals surface area contributed by atoms with Gasteiger partial charge in [-0.1, -0.05) is 52.9 Å². The topological polar surface area (TPSA) is 29.5 Å². The van der Waals surface area contributed by atoms with E-state index in [-0.39, 0.29) is 12.7 Å². The van der Waals surface area contributed by atoms with E-state index in [0.29, 0.717) is 6.61 Å². The summed E-state index contributed by atoms with van der Waals surface area (Å²) in [4.78, 5) is 0. The number of ether oxygens (including phenoxy) is 1. The van der Waals surface area contributed by atoms with Gasteiger partial charge in [0.15, 0.2) is 0 Å². The van der Waals surface area contributed by atoms with Crippen LogP contribution in [-0.2, 0) is 4.74 Å². The van der Waals surface area contributed by atoms with E-state index < -0.39 is 0 Å². The second kappa shape index (κ2) is 6.34. The molecule has 0 amide bonds. The summed E-state index contributed by atoms with van der Waals surface area (Å²) in [7, 11) is 0. The van der Waals surface area contributed by atoms with Crippen LogP contribution in [0.25, 0.3) is 0 Å². The van der Waals surface area contributed by atoms with Crippen LogP contribution in [0.4, 0.5) is 0 Å². The van der Waals surface area contributed by atoms with E-state index in [1.807, 2.05) is 30.3 Å². The summed E-state index contributed by atoms with van der Waals surface area (Å²) >= 11 is 2.29. The fraction of sp³-hybridized carbons (Fsp3) is 0.400. The molecule has 0 fully saturated rings. The zero-order chi connectivity index (χ0) is 9.52. The summed E-state index contributed by atoms with van der Waals surface area (Å²) in [6, 6.07) is 10.1. The van der Waals surface area contributed by atoms with E-state index in [1.165, 1.54) is 5.56 Å². The highest BCUT2D eigenvalue weighted by molar-refractivity contribution is 14.1. The molecule has 1 rings (SSSR count). The Morgan fingerprint density at radius 2 is 2.00 bits per heavy atom. The van der Waals surface area contributed by atoms with Gasteiger partial charge in [-0.2, -0.15) is 0 Å². The van der Waals surface area contributed by atoms with Crippen molar-refractivity contribution in [2.75, 3.05) is 17.6 Å². The van der Waals surface area contributed by atoms with Crippen LogP contribution in [-0.4, -0.2) is 22.7 Å². The highest BCUT2D eigenvalue weighted by Gasteiger charge is 2.08. The van der Waals surface area contributed by atoms with Crippen molar-refractivity contribution in [1.82, 2.24) is 0 Å². The van der Waals surface area contributed by atoms with Crippen molar-refractivity contribution in [3.8, 4) is 0 Å². The molecule has 72 valence electrons. The summed E-state index contributed by atoms with van der Waals surface area (Å²) < 4.78 is 6.37. The third-order valence-corrected chi connectivity index (χ3v) is 2.52. The van der Waals surface area contributed by atoms with Crippen LogP contribution in [0.5, 0.6) is 0 Å². The largest absolute Gasteiger partial charge is 0.394 e. The predicted molar refractivity (Wildman–Crippen MR) is 61.1 cm³/mol. The summed E-state index contributed by atoms with van der Waals surface area (Å²) in [5.41, 5.74) is 1.17. The third kappa shape index (κ3) is 3.62. The number of aliphatic hydroxyl groups excluding tert-OH is 1. The number of benzene rings is 1. The molecule has 1 aromatic carbocycles. The lowest BCUT2D eigenvalue weighted by molar-refractivity contribution is 0.0427. The van der Waals surface area contributed by atoms with Crippen LogP contribution < -0.4 is 0 Å². The van der Waals surface area contributed by atoms with E-state index in [0.717, 1.165) is 4.43 Å². The summed E-state index contributed by atoms with van der Waals surface area (Å²) in [5.74, 6) is 0. The van der Waals surface area contributed by atoms with Crippen LogP contribution in [0.1, 0.15) is 11.7 Å². The molecule has 0 saturated carbocycles. The molecule has 0 aliphatic carbocycles. The predicted octanol–water partition coefficient (Wildman–Crippen LogP) is 2.17. The first-order chi connectivity index (χ1) is 6.38. The van der Waals surface area contributed by atoms with Gasteiger partial charge in [0.2, 0.25) is 0 Å². The average molecular weight is 292 g/mol. The lowest BCUT2D eigenvalue weighted by Crippen LogP contribution is -2.08. The Labute approximate surface area is 92.1 Å². The molecule has 0 aliphatic rings. The number of aliphatic hydroxyl groups is 1. The summed E-state index contributed by atoms with van der Waals surface area (Å²) in [6.45, 7) is 0.489. The maximum Gasteiger partial charge on any atom is 0.0915 e. The van der Waals surface area contributed by atoms with Gasteiger partial charge >= 0.3 is 0 Å². The Hall–Kier alpha value is -0.130. The first-order valence-electron chi connectivity index (χ1n) is 4.22. The van der Waals surface area contributed by atoms with Gasteiger partial charge in [-0.3, -0.25) is 0 Å². The number of alkyl halides is 1. The Morgan fingerprint density at radius 3 is 2.54 bits per heavy atom. The van der Waals surface area contributed by atoms with Crippen LogP contribution >= 0.6 is 22.6 Å². The molecule has 0 saturated heterocycles. The van der Waals surface area contributed by atoms with Gasteiger partial charge in [-0.05, 0) is 5.56 Å². The van der Waals surface area contributed by atoms with E-state index in [9.17, 15) is 0 Å². The first-order valence-corrected chi connectivity index (χ1v) is 5.74. The molecule has 0 aromatic heterocycles. The fourth-order valence-corrected chi connectivity index (χ4v) is 1.86. The van der Waals surface area contributed by atoms with E-state index >= 15 is 0 Å². The summed E-state index contributed by atoms with van der Waals surface area (Å²) in [6.07, 6.45) is 0.106. The van der Waals surface area contributed by atoms with Gasteiger partial charge in [0.1, 0.15) is 0 Å². The smallest absolute Gasteiger partial charge is 0.0915 e. The van der Waals surface area contributed by atoms with Gasteiger partial charge in [0, 0.05) is 4.43 Å². The van der Waals surface area contributed by atoms with Crippen LogP contribution in [0.15, 0.2) is 30.3 Å². The second-order valence-electron chi connectivity index (χ2n) is 2.65. The minimum atomic E-state index is 0.0833. The second-order valence-corrected chi connectivity index (χ2v) is 3.53. The van der Waals surface area contributed by atoms with Crippen molar-refractivity contribution in [3.63, 3.8) is 0 Å². The first kappa shape index (κ1) is 10.9. The Bertz CT molecular complexity index is 226. The molecule has 3 heteroatoms. The monoisotopic (exact) mass is 292 g/mol. The van der Waals surface area contributed by atoms with Gasteiger partial charge in [0.25, 0.3) is 0 Å². The molecular weight excluding hydrogens is 279 g/mol. The van der Waals surface area contributed by atoms with Crippen LogP contribution in [0, 0.1) is 0 Å². The Kier molecular flexibility index (Phi) is 5.34. The molecule has 1 N–H and O–H groups in total. The highest BCUT2D eigenvalue weighted by Crippen LogP contribution is 2.18. The van der Waals surface area contributed by atoms with Gasteiger partial charge in [0.05, 0.1) is 19.3 Å². The van der Waals surface area contributed by atoms with Crippen molar-refractivity contribution >= 4 is 22.6 Å². The minimum Gasteiger partial charge on any atom is -0.394 e. The number of hydrogen-bond donors (Lipinski definition) is 1. The van der Waals surface area contributed by atoms with Crippen LogP contribution in [0.3, 0.4) is 0 Å². The van der Waals surface area contributed by atoms with Crippen molar-refractivity contribution in [2.45, 2.75) is 6.10 Å². The molecule has 0 bridgehead atoms. The number of hydrogen-bond acceptors (Lipinski definition) is 2. The van der Waals surface area contributed by atoms with Crippen molar-refractivity contribution in [3.05, 3.63) is 35.9 Å². The maximum absolute atomic E-state index is 8.63. The normalized spacial score (nSPS) is 12.8. The standard InChI is InChI=1S/C10H13IO2/c11-8-10(13-7-6-12)9-4-2-1-3-5-9/h1-5,10,12H,6-8H2/t10-/m1/s1. The van der Waals surface area contributed by atoms with Crippen molar-refractivity contribution in [1.29, 1.82) is 0 Å². The Morgan fingerprint density at radius 1 is 1.31 bits per heavy atom. The van der Waals surface area contributed by atoms with Gasteiger partial charge < -0.3 is 9.84 Å². The van der Waals surface area contributed by atoms with E-state index in [1.54, 1.807) is 0 Å². The molecule has 0 unspecified atom stereocenters. The number of halogens is 1. The lowest BCUT2D eigenvalue weighted by Gasteiger charge is -2.14. The average Bonchev–Trinajstić information content (AvgIpc) is 2.21. The molecular formula is C10H13IO2. The zero-order valence-electron chi connectivity index (χ0n) is 7.32. The van der Waals surface area contributed by atoms with Crippen LogP contribution in [0.2, 0.25) is 0 Å². The van der Waals surface area contributed by atoms with E-state index in [4.69, 9.17) is 9.84 Å². The lowest BCUT2D eigenvalue weighted by atomic mass is 10.1. The quantitative estimate of drug-likeness (QED) is 0.666. The highest BCUT2D eigenvalue weighted by atomic mass is 127. The molecule has 0 radical (unpaired) electrons. The SMILES string of the molecule is OCCO[C@H](CI)c1ccccc1.